The summed E-state index contributed by atoms with van der Waals surface area (Å²) in [7, 11) is 0. The summed E-state index contributed by atoms with van der Waals surface area (Å²) < 4.78 is 5.50. The van der Waals surface area contributed by atoms with Crippen LogP contribution < -0.4 is 5.32 Å². The number of hydrogen-bond acceptors (Lipinski definition) is 5. The van der Waals surface area contributed by atoms with Gasteiger partial charge in [0.2, 0.25) is 5.91 Å². The van der Waals surface area contributed by atoms with Gasteiger partial charge in [-0.2, -0.15) is 0 Å². The highest BCUT2D eigenvalue weighted by Gasteiger charge is 2.20. The number of allylic oxidation sites excluding steroid dienone is 4. The van der Waals surface area contributed by atoms with Gasteiger partial charge >= 0.3 is 5.97 Å². The molecular weight excluding hydrogens is 935 g/mol. The Hall–Kier alpha value is -1.66. The number of esters is 1. The lowest BCUT2D eigenvalue weighted by Gasteiger charge is -2.22. The van der Waals surface area contributed by atoms with E-state index in [1.54, 1.807) is 0 Å². The summed E-state index contributed by atoms with van der Waals surface area (Å²) >= 11 is 0. The maximum Gasteiger partial charge on any atom is 0.305 e. The molecule has 0 bridgehead atoms. The van der Waals surface area contributed by atoms with Gasteiger partial charge < -0.3 is 20.3 Å². The normalized spacial score (nSPS) is 12.6. The van der Waals surface area contributed by atoms with Crippen molar-refractivity contribution in [3.05, 3.63) is 24.3 Å². The van der Waals surface area contributed by atoms with Gasteiger partial charge in [0, 0.05) is 12.8 Å². The molecule has 6 heteroatoms. The number of aliphatic hydroxyl groups is 2. The Morgan fingerprint density at radius 2 is 0.658 bits per heavy atom. The minimum absolute atomic E-state index is 0.0141. The van der Waals surface area contributed by atoms with E-state index in [0.29, 0.717) is 25.9 Å². The number of rotatable bonds is 65. The fourth-order valence-electron chi connectivity index (χ4n) is 11.0. The minimum Gasteiger partial charge on any atom is -0.466 e. The first-order valence-electron chi connectivity index (χ1n) is 34.6. The Morgan fingerprint density at radius 3 is 1.00 bits per heavy atom. The number of unbranched alkanes of at least 4 members (excludes halogenated alkanes) is 50. The monoisotopic (exact) mass is 1070 g/mol. The number of carbonyl (C=O) groups is 2. The van der Waals surface area contributed by atoms with Gasteiger partial charge in [0.05, 0.1) is 25.4 Å². The second kappa shape index (κ2) is 65.9. The van der Waals surface area contributed by atoms with Crippen molar-refractivity contribution in [3.63, 3.8) is 0 Å². The van der Waals surface area contributed by atoms with Gasteiger partial charge in [-0.3, -0.25) is 9.59 Å². The molecule has 0 aliphatic heterocycles. The summed E-state index contributed by atoms with van der Waals surface area (Å²) in [6, 6.07) is -0.546. The van der Waals surface area contributed by atoms with E-state index in [1.165, 1.54) is 308 Å². The van der Waals surface area contributed by atoms with Gasteiger partial charge in [-0.05, 0) is 57.8 Å². The average molecular weight is 1070 g/mol. The van der Waals surface area contributed by atoms with Gasteiger partial charge in [0.1, 0.15) is 0 Å². The van der Waals surface area contributed by atoms with E-state index in [0.717, 1.165) is 44.9 Å². The summed E-state index contributed by atoms with van der Waals surface area (Å²) in [6.45, 7) is 4.98. The molecule has 0 aliphatic rings. The third kappa shape index (κ3) is 61.6. The van der Waals surface area contributed by atoms with Crippen molar-refractivity contribution in [2.24, 2.45) is 0 Å². The summed E-state index contributed by atoms with van der Waals surface area (Å²) in [5.41, 5.74) is 0. The van der Waals surface area contributed by atoms with Crippen molar-refractivity contribution >= 4 is 11.9 Å². The van der Waals surface area contributed by atoms with Crippen LogP contribution in [0, 0.1) is 0 Å². The van der Waals surface area contributed by atoms with Gasteiger partial charge in [0.15, 0.2) is 0 Å². The van der Waals surface area contributed by atoms with Crippen LogP contribution in [0.4, 0.5) is 0 Å². The van der Waals surface area contributed by atoms with Gasteiger partial charge in [-0.1, -0.05) is 340 Å². The lowest BCUT2D eigenvalue weighted by atomic mass is 10.0. The van der Waals surface area contributed by atoms with Crippen LogP contribution in [-0.4, -0.2) is 47.4 Å². The molecule has 0 spiro atoms. The van der Waals surface area contributed by atoms with E-state index < -0.39 is 12.1 Å². The molecule has 2 unspecified atom stereocenters. The van der Waals surface area contributed by atoms with E-state index >= 15 is 0 Å². The fraction of sp³-hybridized carbons (Fsp3) is 0.914. The molecule has 0 aromatic carbocycles. The Balaban J connectivity index is 3.40. The van der Waals surface area contributed by atoms with Crippen LogP contribution in [0.5, 0.6) is 0 Å². The summed E-state index contributed by atoms with van der Waals surface area (Å²) in [5.74, 6) is -0.0241. The number of ether oxygens (including phenoxy) is 1. The maximum atomic E-state index is 12.5. The highest BCUT2D eigenvalue weighted by molar-refractivity contribution is 5.76. The molecule has 0 saturated carbocycles. The van der Waals surface area contributed by atoms with Crippen LogP contribution in [0.2, 0.25) is 0 Å². The lowest BCUT2D eigenvalue weighted by Crippen LogP contribution is -2.45. The lowest BCUT2D eigenvalue weighted by molar-refractivity contribution is -0.143. The molecule has 76 heavy (non-hydrogen) atoms. The van der Waals surface area contributed by atoms with E-state index in [2.05, 4.69) is 43.5 Å². The zero-order valence-electron chi connectivity index (χ0n) is 51.5. The fourth-order valence-corrected chi connectivity index (χ4v) is 11.0. The summed E-state index contributed by atoms with van der Waals surface area (Å²) in [4.78, 5) is 24.6. The first-order chi connectivity index (χ1) is 37.5. The molecule has 0 aromatic heterocycles. The first-order valence-corrected chi connectivity index (χ1v) is 34.6. The predicted molar refractivity (Wildman–Crippen MR) is 333 cm³/mol. The molecule has 0 heterocycles. The number of aliphatic hydroxyl groups excluding tert-OH is 2. The van der Waals surface area contributed by atoms with Gasteiger partial charge in [0.25, 0.3) is 0 Å². The van der Waals surface area contributed by atoms with Crippen LogP contribution in [0.25, 0.3) is 0 Å². The van der Waals surface area contributed by atoms with E-state index in [1.807, 2.05) is 0 Å². The average Bonchev–Trinajstić information content (AvgIpc) is 3.42. The summed E-state index contributed by atoms with van der Waals surface area (Å²) in [5, 5.41) is 23.3. The van der Waals surface area contributed by atoms with Crippen LogP contribution >= 0.6 is 0 Å². The molecule has 1 amide bonds. The predicted octanol–water partition coefficient (Wildman–Crippen LogP) is 22.1. The number of nitrogens with one attached hydrogen (secondary N) is 1. The molecule has 0 fully saturated rings. The number of hydrogen-bond donors (Lipinski definition) is 3. The molecular formula is C70H135NO5. The van der Waals surface area contributed by atoms with Crippen molar-refractivity contribution < 1.29 is 24.5 Å². The molecule has 450 valence electrons. The van der Waals surface area contributed by atoms with Gasteiger partial charge in [-0.15, -0.1) is 0 Å². The molecule has 2 atom stereocenters. The highest BCUT2D eigenvalue weighted by Crippen LogP contribution is 2.19. The smallest absolute Gasteiger partial charge is 0.305 e. The van der Waals surface area contributed by atoms with Crippen molar-refractivity contribution in [1.29, 1.82) is 0 Å². The summed E-state index contributed by atoms with van der Waals surface area (Å²) in [6.07, 6.45) is 82.1. The molecule has 3 N–H and O–H groups in total. The van der Waals surface area contributed by atoms with Crippen molar-refractivity contribution in [2.75, 3.05) is 13.2 Å². The third-order valence-corrected chi connectivity index (χ3v) is 16.3. The van der Waals surface area contributed by atoms with Crippen LogP contribution in [0.1, 0.15) is 386 Å². The third-order valence-electron chi connectivity index (χ3n) is 16.3. The molecule has 0 saturated heterocycles. The van der Waals surface area contributed by atoms with Crippen LogP contribution in [-0.2, 0) is 14.3 Å². The number of carbonyl (C=O) groups excluding carboxylic acids is 2. The SMILES string of the molecule is CCCCCCCCCCCCCCCCCCCCC(=O)OCCCCCCCCCCC/C=C\C/C=C\CCCCCCCCCCCC(=O)NC(CO)C(O)CCCCCCCCCCCCCCCCCC. The van der Waals surface area contributed by atoms with Crippen molar-refractivity contribution in [2.45, 2.75) is 398 Å². The Morgan fingerprint density at radius 1 is 0.368 bits per heavy atom. The van der Waals surface area contributed by atoms with E-state index in [9.17, 15) is 19.8 Å². The number of amides is 1. The van der Waals surface area contributed by atoms with Crippen LogP contribution in [0.15, 0.2) is 24.3 Å². The molecule has 6 nitrogen and oxygen atoms in total. The van der Waals surface area contributed by atoms with Crippen molar-refractivity contribution in [3.8, 4) is 0 Å². The topological polar surface area (TPSA) is 95.9 Å². The molecule has 0 aliphatic carbocycles. The van der Waals surface area contributed by atoms with E-state index in [-0.39, 0.29) is 18.5 Å². The maximum absolute atomic E-state index is 12.5. The largest absolute Gasteiger partial charge is 0.466 e. The van der Waals surface area contributed by atoms with Crippen molar-refractivity contribution in [1.82, 2.24) is 5.32 Å². The highest BCUT2D eigenvalue weighted by atomic mass is 16.5. The molecule has 0 rings (SSSR count). The van der Waals surface area contributed by atoms with E-state index in [4.69, 9.17) is 4.74 Å². The second-order valence-electron chi connectivity index (χ2n) is 23.9. The Labute approximate surface area is 475 Å². The molecule has 0 radical (unpaired) electrons. The zero-order valence-corrected chi connectivity index (χ0v) is 51.5. The minimum atomic E-state index is -0.668. The Kier molecular flexibility index (Phi) is 64.4. The molecule has 0 aromatic rings. The Bertz CT molecular complexity index is 1190. The standard InChI is InChI=1S/C70H135NO5/c1-3-5-7-9-11-13-15-17-19-21-32-36-40-44-48-52-56-60-64-70(75)76-65-61-57-53-49-45-41-37-33-30-28-26-24-22-23-25-27-29-31-35-39-43-47-51-55-59-63-69(74)71-67(66-72)68(73)62-58-54-50-46-42-38-34-20-18-16-14-12-10-8-6-4-2/h23-26,67-68,72-73H,3-22,27-66H2,1-2H3,(H,71,74)/b25-23-,26-24-. The van der Waals surface area contributed by atoms with Crippen LogP contribution in [0.3, 0.4) is 0 Å². The zero-order chi connectivity index (χ0) is 55.0. The quantitative estimate of drug-likeness (QED) is 0.0320. The second-order valence-corrected chi connectivity index (χ2v) is 23.9. The first kappa shape index (κ1) is 74.3. The van der Waals surface area contributed by atoms with Gasteiger partial charge in [-0.25, -0.2) is 0 Å².